The highest BCUT2D eigenvalue weighted by atomic mass is 35.5. The Morgan fingerprint density at radius 1 is 1.29 bits per heavy atom. The Labute approximate surface area is 128 Å². The fourth-order valence-corrected chi connectivity index (χ4v) is 3.15. The van der Waals surface area contributed by atoms with Gasteiger partial charge in [0.25, 0.3) is 0 Å². The van der Waals surface area contributed by atoms with E-state index in [2.05, 4.69) is 0 Å². The Morgan fingerprint density at radius 3 is 2.62 bits per heavy atom. The van der Waals surface area contributed by atoms with E-state index in [0.717, 1.165) is 24.8 Å². The lowest BCUT2D eigenvalue weighted by Gasteiger charge is -2.22. The molecule has 2 atom stereocenters. The molecule has 3 rings (SSSR count). The Bertz CT molecular complexity index is 570. The van der Waals surface area contributed by atoms with Crippen molar-refractivity contribution in [2.45, 2.75) is 37.6 Å². The number of amides is 1. The number of hydrogen-bond donors (Lipinski definition) is 1. The van der Waals surface area contributed by atoms with Gasteiger partial charge >= 0.3 is 5.97 Å². The van der Waals surface area contributed by atoms with Crippen molar-refractivity contribution in [3.8, 4) is 0 Å². The quantitative estimate of drug-likeness (QED) is 0.879. The van der Waals surface area contributed by atoms with Crippen LogP contribution in [-0.2, 0) is 9.59 Å². The molecule has 0 aliphatic heterocycles. The monoisotopic (exact) mass is 307 g/mol. The zero-order chi connectivity index (χ0) is 15.0. The van der Waals surface area contributed by atoms with E-state index in [-0.39, 0.29) is 30.2 Å². The van der Waals surface area contributed by atoms with Crippen LogP contribution < -0.4 is 0 Å². The van der Waals surface area contributed by atoms with Gasteiger partial charge in [-0.1, -0.05) is 29.8 Å². The van der Waals surface area contributed by atoms with Crippen molar-refractivity contribution in [3.05, 3.63) is 34.9 Å². The second kappa shape index (κ2) is 5.68. The molecule has 1 aromatic rings. The Kier molecular flexibility index (Phi) is 3.89. The van der Waals surface area contributed by atoms with Crippen molar-refractivity contribution in [3.63, 3.8) is 0 Å². The summed E-state index contributed by atoms with van der Waals surface area (Å²) in [5.41, 5.74) is 1.03. The molecule has 0 spiro atoms. The van der Waals surface area contributed by atoms with Gasteiger partial charge in [0.05, 0.1) is 6.42 Å². The standard InChI is InChI=1S/C16H18ClNO3/c17-14-4-2-1-3-11(14)12-9-13(12)16(21)18(10-5-6-10)8-7-15(19)20/h1-4,10,12-13H,5-9H2,(H,19,20)/t12-,13+/m0/s1. The van der Waals surface area contributed by atoms with Gasteiger partial charge in [-0.25, -0.2) is 0 Å². The first-order valence-electron chi connectivity index (χ1n) is 7.34. The SMILES string of the molecule is O=C(O)CCN(C(=O)[C@@H]1C[C@H]1c1ccccc1Cl)C1CC1. The first-order valence-corrected chi connectivity index (χ1v) is 7.72. The molecule has 5 heteroatoms. The zero-order valence-electron chi connectivity index (χ0n) is 11.7. The number of carbonyl (C=O) groups is 2. The van der Waals surface area contributed by atoms with Gasteiger partial charge in [0.15, 0.2) is 0 Å². The van der Waals surface area contributed by atoms with E-state index < -0.39 is 5.97 Å². The van der Waals surface area contributed by atoms with Gasteiger partial charge in [-0.2, -0.15) is 0 Å². The normalized spacial score (nSPS) is 23.7. The lowest BCUT2D eigenvalue weighted by atomic mass is 10.1. The summed E-state index contributed by atoms with van der Waals surface area (Å²) in [6.07, 6.45) is 2.83. The van der Waals surface area contributed by atoms with Crippen molar-refractivity contribution >= 4 is 23.5 Å². The molecule has 0 bridgehead atoms. The smallest absolute Gasteiger partial charge is 0.305 e. The van der Waals surface area contributed by atoms with E-state index in [1.54, 1.807) is 4.90 Å². The number of carboxylic acids is 1. The van der Waals surface area contributed by atoms with Gasteiger partial charge in [-0.05, 0) is 36.8 Å². The third-order valence-corrected chi connectivity index (χ3v) is 4.59. The van der Waals surface area contributed by atoms with Crippen molar-refractivity contribution in [2.75, 3.05) is 6.54 Å². The van der Waals surface area contributed by atoms with Crippen LogP contribution >= 0.6 is 11.6 Å². The second-order valence-electron chi connectivity index (χ2n) is 5.88. The van der Waals surface area contributed by atoms with E-state index in [0.29, 0.717) is 11.6 Å². The number of carboxylic acid groups (broad SMARTS) is 1. The van der Waals surface area contributed by atoms with Gasteiger partial charge in [-0.3, -0.25) is 9.59 Å². The van der Waals surface area contributed by atoms with Crippen LogP contribution in [0.4, 0.5) is 0 Å². The second-order valence-corrected chi connectivity index (χ2v) is 6.28. The minimum atomic E-state index is -0.855. The van der Waals surface area contributed by atoms with Crippen molar-refractivity contribution in [1.82, 2.24) is 4.90 Å². The summed E-state index contributed by atoms with van der Waals surface area (Å²) in [4.78, 5) is 25.1. The third kappa shape index (κ3) is 3.21. The lowest BCUT2D eigenvalue weighted by molar-refractivity contribution is -0.139. The molecule has 0 aromatic heterocycles. The Morgan fingerprint density at radius 2 is 2.00 bits per heavy atom. The summed E-state index contributed by atoms with van der Waals surface area (Å²) >= 11 is 6.18. The molecule has 0 heterocycles. The molecule has 0 radical (unpaired) electrons. The summed E-state index contributed by atoms with van der Waals surface area (Å²) in [7, 11) is 0. The summed E-state index contributed by atoms with van der Waals surface area (Å²) in [5, 5.41) is 9.52. The summed E-state index contributed by atoms with van der Waals surface area (Å²) in [6, 6.07) is 7.89. The molecule has 1 N–H and O–H groups in total. The van der Waals surface area contributed by atoms with Crippen LogP contribution in [0.2, 0.25) is 5.02 Å². The molecule has 2 aliphatic rings. The summed E-state index contributed by atoms with van der Waals surface area (Å²) in [6.45, 7) is 0.324. The van der Waals surface area contributed by atoms with Crippen LogP contribution in [0.5, 0.6) is 0 Å². The molecule has 4 nitrogen and oxygen atoms in total. The molecule has 2 saturated carbocycles. The van der Waals surface area contributed by atoms with E-state index in [1.807, 2.05) is 24.3 Å². The number of benzene rings is 1. The third-order valence-electron chi connectivity index (χ3n) is 4.25. The van der Waals surface area contributed by atoms with E-state index in [4.69, 9.17) is 16.7 Å². The number of hydrogen-bond acceptors (Lipinski definition) is 2. The maximum absolute atomic E-state index is 12.6. The predicted molar refractivity (Wildman–Crippen MR) is 79.3 cm³/mol. The van der Waals surface area contributed by atoms with Gasteiger partial charge in [0.1, 0.15) is 0 Å². The molecular formula is C16H18ClNO3. The van der Waals surface area contributed by atoms with Crippen LogP contribution in [0.25, 0.3) is 0 Å². The molecule has 1 aromatic carbocycles. The van der Waals surface area contributed by atoms with E-state index in [9.17, 15) is 9.59 Å². The van der Waals surface area contributed by atoms with E-state index >= 15 is 0 Å². The molecular weight excluding hydrogens is 290 g/mol. The van der Waals surface area contributed by atoms with Crippen LogP contribution in [0.3, 0.4) is 0 Å². The van der Waals surface area contributed by atoms with Gasteiger partial charge < -0.3 is 10.0 Å². The predicted octanol–water partition coefficient (Wildman–Crippen LogP) is 2.91. The van der Waals surface area contributed by atoms with E-state index in [1.165, 1.54) is 0 Å². The van der Waals surface area contributed by atoms with Crippen molar-refractivity contribution in [1.29, 1.82) is 0 Å². The number of rotatable bonds is 6. The molecule has 21 heavy (non-hydrogen) atoms. The highest BCUT2D eigenvalue weighted by Gasteiger charge is 2.48. The van der Waals surface area contributed by atoms with Crippen LogP contribution in [0.15, 0.2) is 24.3 Å². The number of nitrogens with zero attached hydrogens (tertiary/aromatic N) is 1. The molecule has 0 unspecified atom stereocenters. The highest BCUT2D eigenvalue weighted by molar-refractivity contribution is 6.31. The maximum atomic E-state index is 12.6. The fourth-order valence-electron chi connectivity index (χ4n) is 2.88. The maximum Gasteiger partial charge on any atom is 0.305 e. The molecule has 112 valence electrons. The minimum absolute atomic E-state index is 0.0196. The first-order chi connectivity index (χ1) is 10.1. The Hall–Kier alpha value is -1.55. The van der Waals surface area contributed by atoms with Gasteiger partial charge in [-0.15, -0.1) is 0 Å². The van der Waals surface area contributed by atoms with Gasteiger partial charge in [0, 0.05) is 23.5 Å². The largest absolute Gasteiger partial charge is 0.481 e. The first kappa shape index (κ1) is 14.4. The summed E-state index contributed by atoms with van der Waals surface area (Å²) in [5.74, 6) is -0.591. The number of carbonyl (C=O) groups excluding carboxylic acids is 1. The topological polar surface area (TPSA) is 57.6 Å². The Balaban J connectivity index is 1.65. The lowest BCUT2D eigenvalue weighted by Crippen LogP contribution is -2.36. The molecule has 2 aliphatic carbocycles. The number of aliphatic carboxylic acids is 1. The highest BCUT2D eigenvalue weighted by Crippen LogP contribution is 2.51. The molecule has 2 fully saturated rings. The molecule has 0 saturated heterocycles. The molecule has 1 amide bonds. The van der Waals surface area contributed by atoms with Crippen LogP contribution in [0.1, 0.15) is 37.2 Å². The average molecular weight is 308 g/mol. The van der Waals surface area contributed by atoms with Crippen LogP contribution in [-0.4, -0.2) is 34.5 Å². The fraction of sp³-hybridized carbons (Fsp3) is 0.500. The number of halogens is 1. The zero-order valence-corrected chi connectivity index (χ0v) is 12.4. The van der Waals surface area contributed by atoms with Crippen molar-refractivity contribution < 1.29 is 14.7 Å². The summed E-state index contributed by atoms with van der Waals surface area (Å²) < 4.78 is 0. The van der Waals surface area contributed by atoms with Crippen molar-refractivity contribution in [2.24, 2.45) is 5.92 Å². The van der Waals surface area contributed by atoms with Gasteiger partial charge in [0.2, 0.25) is 5.91 Å². The average Bonchev–Trinajstić information content (AvgIpc) is 3.32. The van der Waals surface area contributed by atoms with Crippen LogP contribution in [0, 0.1) is 5.92 Å². The minimum Gasteiger partial charge on any atom is -0.481 e.